The first-order valence-corrected chi connectivity index (χ1v) is 5.01. The molecule has 0 saturated carbocycles. The summed E-state index contributed by atoms with van der Waals surface area (Å²) < 4.78 is 10.1. The Hall–Kier alpha value is -1.52. The van der Waals surface area contributed by atoms with Crippen molar-refractivity contribution >= 4 is 5.95 Å². The Kier molecular flexibility index (Phi) is 4.66. The molecule has 0 bridgehead atoms. The molecule has 0 fully saturated rings. The average Bonchev–Trinajstić information content (AvgIpc) is 2.29. The highest BCUT2D eigenvalue weighted by molar-refractivity contribution is 5.33. The SMILES string of the molecule is CCCCNc1nc(OC)cc(OC)n1. The monoisotopic (exact) mass is 211 g/mol. The minimum absolute atomic E-state index is 0.501. The second kappa shape index (κ2) is 6.06. The van der Waals surface area contributed by atoms with E-state index in [4.69, 9.17) is 9.47 Å². The Balaban J connectivity index is 2.68. The van der Waals surface area contributed by atoms with Crippen molar-refractivity contribution in [2.45, 2.75) is 19.8 Å². The first kappa shape index (κ1) is 11.6. The summed E-state index contributed by atoms with van der Waals surface area (Å²) in [4.78, 5) is 8.29. The van der Waals surface area contributed by atoms with Crippen molar-refractivity contribution in [2.75, 3.05) is 26.1 Å². The number of hydrogen-bond acceptors (Lipinski definition) is 5. The topological polar surface area (TPSA) is 56.3 Å². The van der Waals surface area contributed by atoms with Crippen molar-refractivity contribution < 1.29 is 9.47 Å². The summed E-state index contributed by atoms with van der Waals surface area (Å²) in [5.74, 6) is 1.54. The fourth-order valence-corrected chi connectivity index (χ4v) is 1.07. The Bertz CT molecular complexity index is 282. The predicted molar refractivity (Wildman–Crippen MR) is 58.5 cm³/mol. The van der Waals surface area contributed by atoms with Crippen molar-refractivity contribution in [1.29, 1.82) is 0 Å². The molecule has 0 amide bonds. The van der Waals surface area contributed by atoms with E-state index in [-0.39, 0.29) is 0 Å². The summed E-state index contributed by atoms with van der Waals surface area (Å²) in [6.07, 6.45) is 2.22. The third-order valence-electron chi connectivity index (χ3n) is 1.91. The summed E-state index contributed by atoms with van der Waals surface area (Å²) in [6.45, 7) is 2.99. The van der Waals surface area contributed by atoms with Crippen LogP contribution in [-0.4, -0.2) is 30.7 Å². The molecule has 0 aliphatic heterocycles. The molecule has 1 N–H and O–H groups in total. The zero-order valence-electron chi connectivity index (χ0n) is 9.41. The van der Waals surface area contributed by atoms with Gasteiger partial charge >= 0.3 is 0 Å². The molecule has 0 aromatic carbocycles. The van der Waals surface area contributed by atoms with Crippen LogP contribution in [0, 0.1) is 0 Å². The highest BCUT2D eigenvalue weighted by Crippen LogP contribution is 2.17. The van der Waals surface area contributed by atoms with E-state index in [0.29, 0.717) is 17.7 Å². The van der Waals surface area contributed by atoms with E-state index in [0.717, 1.165) is 19.4 Å². The van der Waals surface area contributed by atoms with Crippen LogP contribution < -0.4 is 14.8 Å². The van der Waals surface area contributed by atoms with Crippen molar-refractivity contribution in [3.05, 3.63) is 6.07 Å². The molecule has 1 aromatic heterocycles. The molecule has 0 aliphatic rings. The zero-order valence-corrected chi connectivity index (χ0v) is 9.41. The van der Waals surface area contributed by atoms with Crippen molar-refractivity contribution in [2.24, 2.45) is 0 Å². The lowest BCUT2D eigenvalue weighted by atomic mass is 10.3. The number of methoxy groups -OCH3 is 2. The van der Waals surface area contributed by atoms with Gasteiger partial charge in [-0.2, -0.15) is 9.97 Å². The number of nitrogens with one attached hydrogen (secondary N) is 1. The molecular formula is C10H17N3O2. The maximum atomic E-state index is 5.03. The van der Waals surface area contributed by atoms with E-state index in [2.05, 4.69) is 22.2 Å². The van der Waals surface area contributed by atoms with Gasteiger partial charge in [0.05, 0.1) is 20.3 Å². The van der Waals surface area contributed by atoms with Crippen LogP contribution in [0.4, 0.5) is 5.95 Å². The van der Waals surface area contributed by atoms with Gasteiger partial charge in [-0.3, -0.25) is 0 Å². The normalized spacial score (nSPS) is 9.80. The molecule has 1 aromatic rings. The molecule has 0 atom stereocenters. The molecule has 1 heterocycles. The van der Waals surface area contributed by atoms with Crippen molar-refractivity contribution in [1.82, 2.24) is 9.97 Å². The number of anilines is 1. The zero-order chi connectivity index (χ0) is 11.1. The van der Waals surface area contributed by atoms with Crippen LogP contribution in [-0.2, 0) is 0 Å². The van der Waals surface area contributed by atoms with Gasteiger partial charge in [0, 0.05) is 6.54 Å². The fourth-order valence-electron chi connectivity index (χ4n) is 1.07. The first-order chi connectivity index (χ1) is 7.30. The third kappa shape index (κ3) is 3.61. The number of nitrogens with zero attached hydrogens (tertiary/aromatic N) is 2. The van der Waals surface area contributed by atoms with E-state index < -0.39 is 0 Å². The van der Waals surface area contributed by atoms with Crippen LogP contribution >= 0.6 is 0 Å². The molecule has 5 nitrogen and oxygen atoms in total. The number of unbranched alkanes of at least 4 members (excludes halogenated alkanes) is 1. The van der Waals surface area contributed by atoms with Crippen LogP contribution in [0.2, 0.25) is 0 Å². The molecule has 0 saturated heterocycles. The van der Waals surface area contributed by atoms with E-state index in [9.17, 15) is 0 Å². The molecule has 0 aliphatic carbocycles. The van der Waals surface area contributed by atoms with Crippen LogP contribution in [0.25, 0.3) is 0 Å². The van der Waals surface area contributed by atoms with E-state index in [1.807, 2.05) is 0 Å². The molecule has 15 heavy (non-hydrogen) atoms. The summed E-state index contributed by atoms with van der Waals surface area (Å²) in [5.41, 5.74) is 0. The number of ether oxygens (including phenoxy) is 2. The van der Waals surface area contributed by atoms with E-state index in [1.54, 1.807) is 20.3 Å². The predicted octanol–water partition coefficient (Wildman–Crippen LogP) is 1.71. The smallest absolute Gasteiger partial charge is 0.229 e. The van der Waals surface area contributed by atoms with Gasteiger partial charge in [-0.15, -0.1) is 0 Å². The summed E-state index contributed by atoms with van der Waals surface area (Å²) in [5, 5.41) is 3.11. The number of hydrogen-bond donors (Lipinski definition) is 1. The second-order valence-corrected chi connectivity index (χ2v) is 3.06. The van der Waals surface area contributed by atoms with Crippen LogP contribution in [0.1, 0.15) is 19.8 Å². The van der Waals surface area contributed by atoms with Crippen LogP contribution in [0.5, 0.6) is 11.8 Å². The minimum atomic E-state index is 0.501. The molecule has 84 valence electrons. The number of rotatable bonds is 6. The molecular weight excluding hydrogens is 194 g/mol. The molecule has 0 spiro atoms. The molecule has 0 unspecified atom stereocenters. The average molecular weight is 211 g/mol. The maximum absolute atomic E-state index is 5.03. The summed E-state index contributed by atoms with van der Waals surface area (Å²) >= 11 is 0. The molecule has 0 radical (unpaired) electrons. The minimum Gasteiger partial charge on any atom is -0.481 e. The largest absolute Gasteiger partial charge is 0.481 e. The summed E-state index contributed by atoms with van der Waals surface area (Å²) in [6, 6.07) is 1.64. The lowest BCUT2D eigenvalue weighted by Crippen LogP contribution is -2.06. The lowest BCUT2D eigenvalue weighted by molar-refractivity contribution is 0.373. The maximum Gasteiger partial charge on any atom is 0.229 e. The van der Waals surface area contributed by atoms with Crippen molar-refractivity contribution in [3.8, 4) is 11.8 Å². The Morgan fingerprint density at radius 3 is 2.27 bits per heavy atom. The van der Waals surface area contributed by atoms with Gasteiger partial charge in [0.15, 0.2) is 0 Å². The third-order valence-corrected chi connectivity index (χ3v) is 1.91. The Labute approximate surface area is 89.8 Å². The van der Waals surface area contributed by atoms with E-state index >= 15 is 0 Å². The van der Waals surface area contributed by atoms with Gasteiger partial charge in [0.1, 0.15) is 0 Å². The molecule has 1 rings (SSSR count). The van der Waals surface area contributed by atoms with Gasteiger partial charge in [-0.1, -0.05) is 13.3 Å². The highest BCUT2D eigenvalue weighted by Gasteiger charge is 2.03. The Morgan fingerprint density at radius 2 is 1.80 bits per heavy atom. The quantitative estimate of drug-likeness (QED) is 0.726. The number of aromatic nitrogens is 2. The first-order valence-electron chi connectivity index (χ1n) is 5.01. The highest BCUT2D eigenvalue weighted by atomic mass is 16.5. The molecule has 5 heteroatoms. The lowest BCUT2D eigenvalue weighted by Gasteiger charge is -2.07. The van der Waals surface area contributed by atoms with Gasteiger partial charge < -0.3 is 14.8 Å². The second-order valence-electron chi connectivity index (χ2n) is 3.06. The van der Waals surface area contributed by atoms with Gasteiger partial charge in [0.2, 0.25) is 17.7 Å². The standard InChI is InChI=1S/C10H17N3O2/c1-4-5-6-11-10-12-8(14-2)7-9(13-10)15-3/h7H,4-6H2,1-3H3,(H,11,12,13). The van der Waals surface area contributed by atoms with E-state index in [1.165, 1.54) is 0 Å². The van der Waals surface area contributed by atoms with Gasteiger partial charge in [-0.05, 0) is 6.42 Å². The van der Waals surface area contributed by atoms with Gasteiger partial charge in [-0.25, -0.2) is 0 Å². The Morgan fingerprint density at radius 1 is 1.20 bits per heavy atom. The fraction of sp³-hybridized carbons (Fsp3) is 0.600. The summed E-state index contributed by atoms with van der Waals surface area (Å²) in [7, 11) is 3.13. The van der Waals surface area contributed by atoms with Crippen LogP contribution in [0.15, 0.2) is 6.07 Å². The van der Waals surface area contributed by atoms with Crippen LogP contribution in [0.3, 0.4) is 0 Å². The van der Waals surface area contributed by atoms with Gasteiger partial charge in [0.25, 0.3) is 0 Å². The van der Waals surface area contributed by atoms with Crippen molar-refractivity contribution in [3.63, 3.8) is 0 Å².